The maximum atomic E-state index is 11.8. The maximum absolute atomic E-state index is 11.8. The summed E-state index contributed by atoms with van der Waals surface area (Å²) in [6.07, 6.45) is 0. The largest absolute Gasteiger partial charge is 0.306 e. The first-order valence-electron chi connectivity index (χ1n) is 4.36. The highest BCUT2D eigenvalue weighted by molar-refractivity contribution is 7.08. The maximum Gasteiger partial charge on any atom is 0.270 e. The summed E-state index contributed by atoms with van der Waals surface area (Å²) in [5, 5.41) is 6.39. The predicted octanol–water partition coefficient (Wildman–Crippen LogP) is 2.20. The summed E-state index contributed by atoms with van der Waals surface area (Å²) in [5.74, 6) is -0.129. The van der Waals surface area contributed by atoms with E-state index in [1.54, 1.807) is 6.92 Å². The van der Waals surface area contributed by atoms with Gasteiger partial charge in [0.05, 0.1) is 5.69 Å². The molecule has 0 aliphatic carbocycles. The summed E-state index contributed by atoms with van der Waals surface area (Å²) in [6.45, 7) is 1.69. The monoisotopic (exact) mass is 289 g/mol. The molecule has 0 saturated carbocycles. The summed E-state index contributed by atoms with van der Waals surface area (Å²) in [6, 6.07) is 1.40. The number of carbonyl (C=O) groups is 1. The molecule has 2 rings (SSSR count). The normalized spacial score (nSPS) is 10.3. The molecule has 0 spiro atoms. The van der Waals surface area contributed by atoms with Gasteiger partial charge in [-0.15, -0.1) is 5.10 Å². The summed E-state index contributed by atoms with van der Waals surface area (Å²) < 4.78 is 3.67. The van der Waals surface area contributed by atoms with Crippen LogP contribution in [0.3, 0.4) is 0 Å². The number of anilines is 1. The SMILES string of the molecule is Cc1nnsc1C(=O)Nc1cc(Cl)nc(Cl)n1. The van der Waals surface area contributed by atoms with Crippen LogP contribution in [-0.2, 0) is 0 Å². The molecule has 0 aromatic carbocycles. The number of halogens is 2. The van der Waals surface area contributed by atoms with Crippen molar-refractivity contribution < 1.29 is 4.79 Å². The van der Waals surface area contributed by atoms with Gasteiger partial charge in [0.2, 0.25) is 5.28 Å². The van der Waals surface area contributed by atoms with Gasteiger partial charge in [0, 0.05) is 6.07 Å². The van der Waals surface area contributed by atoms with E-state index in [0.717, 1.165) is 11.5 Å². The van der Waals surface area contributed by atoms with Gasteiger partial charge >= 0.3 is 0 Å². The smallest absolute Gasteiger partial charge is 0.270 e. The van der Waals surface area contributed by atoms with Gasteiger partial charge in [-0.3, -0.25) is 4.79 Å². The lowest BCUT2D eigenvalue weighted by molar-refractivity contribution is 0.102. The Labute approximate surface area is 110 Å². The molecule has 2 aromatic heterocycles. The van der Waals surface area contributed by atoms with Crippen LogP contribution in [0.15, 0.2) is 6.07 Å². The van der Waals surface area contributed by atoms with Crippen LogP contribution in [0.25, 0.3) is 0 Å². The van der Waals surface area contributed by atoms with Crippen LogP contribution in [-0.4, -0.2) is 25.5 Å². The number of carbonyl (C=O) groups excluding carboxylic acids is 1. The van der Waals surface area contributed by atoms with Gasteiger partial charge in [-0.2, -0.15) is 0 Å². The third-order valence-electron chi connectivity index (χ3n) is 1.77. The quantitative estimate of drug-likeness (QED) is 0.677. The summed E-state index contributed by atoms with van der Waals surface area (Å²) in [7, 11) is 0. The van der Waals surface area contributed by atoms with E-state index in [4.69, 9.17) is 23.2 Å². The van der Waals surface area contributed by atoms with Crippen molar-refractivity contribution in [2.75, 3.05) is 5.32 Å². The predicted molar refractivity (Wildman–Crippen MR) is 64.7 cm³/mol. The first kappa shape index (κ1) is 12.2. The molecule has 0 aliphatic rings. The van der Waals surface area contributed by atoms with E-state index >= 15 is 0 Å². The Kier molecular flexibility index (Phi) is 3.51. The minimum atomic E-state index is -0.358. The van der Waals surface area contributed by atoms with Crippen molar-refractivity contribution in [3.05, 3.63) is 27.1 Å². The third-order valence-corrected chi connectivity index (χ3v) is 2.96. The second kappa shape index (κ2) is 4.91. The summed E-state index contributed by atoms with van der Waals surface area (Å²) in [5.41, 5.74) is 0.554. The van der Waals surface area contributed by atoms with Gasteiger partial charge in [0.1, 0.15) is 15.8 Å². The molecular weight excluding hydrogens is 285 g/mol. The number of nitrogens with zero attached hydrogens (tertiary/aromatic N) is 4. The number of nitrogens with one attached hydrogen (secondary N) is 1. The lowest BCUT2D eigenvalue weighted by atomic mass is 10.4. The fourth-order valence-electron chi connectivity index (χ4n) is 1.07. The van der Waals surface area contributed by atoms with E-state index in [-0.39, 0.29) is 22.2 Å². The van der Waals surface area contributed by atoms with E-state index in [2.05, 4.69) is 24.9 Å². The molecule has 6 nitrogen and oxygen atoms in total. The Morgan fingerprint density at radius 2 is 2.18 bits per heavy atom. The minimum Gasteiger partial charge on any atom is -0.306 e. The molecule has 0 fully saturated rings. The van der Waals surface area contributed by atoms with E-state index in [9.17, 15) is 4.79 Å². The molecule has 17 heavy (non-hydrogen) atoms. The van der Waals surface area contributed by atoms with Crippen LogP contribution < -0.4 is 5.32 Å². The van der Waals surface area contributed by atoms with Crippen LogP contribution in [0.1, 0.15) is 15.4 Å². The highest BCUT2D eigenvalue weighted by Gasteiger charge is 2.14. The standard InChI is InChI=1S/C8H5Cl2N5OS/c1-3-6(17-15-14-3)7(16)12-5-2-4(9)11-8(10)13-5/h2H,1H3,(H,11,12,13,16). The van der Waals surface area contributed by atoms with Gasteiger partial charge in [0.25, 0.3) is 5.91 Å². The van der Waals surface area contributed by atoms with Crippen molar-refractivity contribution in [3.63, 3.8) is 0 Å². The lowest BCUT2D eigenvalue weighted by Crippen LogP contribution is -2.13. The van der Waals surface area contributed by atoms with Crippen LogP contribution >= 0.6 is 34.7 Å². The number of rotatable bonds is 2. The van der Waals surface area contributed by atoms with Crippen molar-refractivity contribution >= 4 is 46.5 Å². The highest BCUT2D eigenvalue weighted by Crippen LogP contribution is 2.16. The number of hydrogen-bond acceptors (Lipinski definition) is 6. The second-order valence-electron chi connectivity index (χ2n) is 2.99. The molecule has 0 atom stereocenters. The Morgan fingerprint density at radius 3 is 2.76 bits per heavy atom. The lowest BCUT2D eigenvalue weighted by Gasteiger charge is -2.03. The first-order chi connectivity index (χ1) is 8.06. The summed E-state index contributed by atoms with van der Waals surface area (Å²) in [4.78, 5) is 19.7. The molecule has 0 saturated heterocycles. The van der Waals surface area contributed by atoms with Crippen LogP contribution in [0.2, 0.25) is 10.4 Å². The molecule has 0 aliphatic heterocycles. The van der Waals surface area contributed by atoms with Gasteiger partial charge in [-0.25, -0.2) is 9.97 Å². The van der Waals surface area contributed by atoms with Crippen LogP contribution in [0, 0.1) is 6.92 Å². The van der Waals surface area contributed by atoms with Crippen molar-refractivity contribution in [1.29, 1.82) is 0 Å². The van der Waals surface area contributed by atoms with Gasteiger partial charge in [-0.1, -0.05) is 16.1 Å². The zero-order valence-corrected chi connectivity index (χ0v) is 10.8. The number of aryl methyl sites for hydroxylation is 1. The van der Waals surface area contributed by atoms with E-state index in [1.807, 2.05) is 0 Å². The Balaban J connectivity index is 2.21. The molecule has 1 N–H and O–H groups in total. The van der Waals surface area contributed by atoms with Crippen molar-refractivity contribution in [2.24, 2.45) is 0 Å². The van der Waals surface area contributed by atoms with Gasteiger partial charge < -0.3 is 5.32 Å². The topological polar surface area (TPSA) is 80.7 Å². The highest BCUT2D eigenvalue weighted by atomic mass is 35.5. The molecule has 0 bridgehead atoms. The molecule has 88 valence electrons. The average molecular weight is 290 g/mol. The molecular formula is C8H5Cl2N5OS. The van der Waals surface area contributed by atoms with Crippen LogP contribution in [0.4, 0.5) is 5.82 Å². The van der Waals surface area contributed by atoms with E-state index < -0.39 is 0 Å². The number of hydrogen-bond donors (Lipinski definition) is 1. The van der Waals surface area contributed by atoms with E-state index in [1.165, 1.54) is 6.07 Å². The Bertz CT molecular complexity index is 553. The van der Waals surface area contributed by atoms with Crippen molar-refractivity contribution in [2.45, 2.75) is 6.92 Å². The fourth-order valence-corrected chi connectivity index (χ4v) is 2.03. The van der Waals surface area contributed by atoms with Gasteiger partial charge in [-0.05, 0) is 30.1 Å². The molecule has 0 unspecified atom stereocenters. The molecule has 2 aromatic rings. The number of amides is 1. The number of aromatic nitrogens is 4. The average Bonchev–Trinajstić information content (AvgIpc) is 2.62. The van der Waals surface area contributed by atoms with E-state index in [0.29, 0.717) is 10.6 Å². The van der Waals surface area contributed by atoms with Crippen molar-refractivity contribution in [1.82, 2.24) is 19.6 Å². The molecule has 9 heteroatoms. The van der Waals surface area contributed by atoms with Gasteiger partial charge in [0.15, 0.2) is 0 Å². The first-order valence-corrected chi connectivity index (χ1v) is 5.89. The molecule has 2 heterocycles. The van der Waals surface area contributed by atoms with Crippen LogP contribution in [0.5, 0.6) is 0 Å². The second-order valence-corrected chi connectivity index (χ2v) is 4.47. The van der Waals surface area contributed by atoms with Crippen molar-refractivity contribution in [3.8, 4) is 0 Å². The minimum absolute atomic E-state index is 0.0352. The zero-order valence-electron chi connectivity index (χ0n) is 8.44. The molecule has 1 amide bonds. The molecule has 0 radical (unpaired) electrons. The summed E-state index contributed by atoms with van der Waals surface area (Å²) >= 11 is 12.3. The fraction of sp³-hybridized carbons (Fsp3) is 0.125. The zero-order chi connectivity index (χ0) is 12.4. The Hall–Kier alpha value is -1.31. The Morgan fingerprint density at radius 1 is 1.41 bits per heavy atom. The third kappa shape index (κ3) is 2.87.